The van der Waals surface area contributed by atoms with Crippen molar-refractivity contribution in [2.75, 3.05) is 4.90 Å². The van der Waals surface area contributed by atoms with E-state index in [0.717, 1.165) is 12.8 Å². The summed E-state index contributed by atoms with van der Waals surface area (Å²) < 4.78 is 5.04. The summed E-state index contributed by atoms with van der Waals surface area (Å²) in [6, 6.07) is 42.6. The Morgan fingerprint density at radius 3 is 2.10 bits per heavy atom. The Kier molecular flexibility index (Phi) is 4.37. The van der Waals surface area contributed by atoms with Crippen molar-refractivity contribution in [3.8, 4) is 5.69 Å². The SMILES string of the molecule is C1=CC(n2c3c(c4ccccc42)B2c4c(cccc4-n4c5ccccc5c5cccc2c54)N3c2ccccc2)=CCC1. The van der Waals surface area contributed by atoms with Gasteiger partial charge in [-0.3, -0.25) is 9.47 Å². The largest absolute Gasteiger partial charge is 0.310 e. The monoisotopic (exact) mass is 535 g/mol. The minimum atomic E-state index is 0.117. The topological polar surface area (TPSA) is 13.1 Å². The minimum Gasteiger partial charge on any atom is -0.310 e. The third-order valence-electron chi connectivity index (χ3n) is 9.50. The molecule has 2 aromatic heterocycles. The first kappa shape index (κ1) is 22.5. The summed E-state index contributed by atoms with van der Waals surface area (Å²) >= 11 is 0. The van der Waals surface area contributed by atoms with Gasteiger partial charge in [-0.2, -0.15) is 0 Å². The second kappa shape index (κ2) is 8.17. The van der Waals surface area contributed by atoms with Crippen LogP contribution in [-0.4, -0.2) is 15.8 Å². The lowest BCUT2D eigenvalue weighted by atomic mass is 9.34. The Hall–Kier alpha value is -5.22. The van der Waals surface area contributed by atoms with Crippen molar-refractivity contribution in [3.05, 3.63) is 133 Å². The molecule has 0 saturated carbocycles. The maximum atomic E-state index is 2.52. The summed E-state index contributed by atoms with van der Waals surface area (Å²) in [7, 11) is 0. The van der Waals surface area contributed by atoms with E-state index in [9.17, 15) is 0 Å². The molecule has 0 atom stereocenters. The molecule has 0 saturated heterocycles. The van der Waals surface area contributed by atoms with Crippen LogP contribution < -0.4 is 21.3 Å². The van der Waals surface area contributed by atoms with Crippen molar-refractivity contribution in [1.82, 2.24) is 9.13 Å². The number of benzene rings is 5. The number of anilines is 3. The molecular formula is C38H26BN3. The van der Waals surface area contributed by atoms with Crippen LogP contribution in [0.2, 0.25) is 0 Å². The van der Waals surface area contributed by atoms with E-state index in [0.29, 0.717) is 0 Å². The first-order chi connectivity index (χ1) is 20.9. The minimum absolute atomic E-state index is 0.117. The Labute approximate surface area is 244 Å². The average molecular weight is 535 g/mol. The Bertz CT molecular complexity index is 2320. The fourth-order valence-electron chi connectivity index (χ4n) is 7.95. The molecule has 0 N–H and O–H groups in total. The summed E-state index contributed by atoms with van der Waals surface area (Å²) in [6.07, 6.45) is 9.18. The maximum absolute atomic E-state index is 2.52. The molecule has 0 bridgehead atoms. The smallest absolute Gasteiger partial charge is 0.255 e. The van der Waals surface area contributed by atoms with Gasteiger partial charge in [0, 0.05) is 39.0 Å². The molecule has 5 aromatic carbocycles. The van der Waals surface area contributed by atoms with E-state index in [-0.39, 0.29) is 6.71 Å². The summed E-state index contributed by atoms with van der Waals surface area (Å²) in [5.74, 6) is 1.25. The van der Waals surface area contributed by atoms with Crippen LogP contribution in [0.4, 0.5) is 17.2 Å². The lowest BCUT2D eigenvalue weighted by Crippen LogP contribution is -2.60. The van der Waals surface area contributed by atoms with Crippen LogP contribution >= 0.6 is 0 Å². The molecule has 0 radical (unpaired) electrons. The van der Waals surface area contributed by atoms with E-state index in [1.165, 1.54) is 77.7 Å². The van der Waals surface area contributed by atoms with Crippen molar-refractivity contribution in [3.63, 3.8) is 0 Å². The first-order valence-corrected chi connectivity index (χ1v) is 14.9. The molecule has 10 rings (SSSR count). The Balaban J connectivity index is 1.44. The quantitative estimate of drug-likeness (QED) is 0.209. The summed E-state index contributed by atoms with van der Waals surface area (Å²) in [6.45, 7) is 0.117. The molecule has 42 heavy (non-hydrogen) atoms. The van der Waals surface area contributed by atoms with Crippen LogP contribution in [0.3, 0.4) is 0 Å². The van der Waals surface area contributed by atoms with Gasteiger partial charge >= 0.3 is 0 Å². The molecule has 3 aliphatic rings. The highest BCUT2D eigenvalue weighted by atomic mass is 15.3. The van der Waals surface area contributed by atoms with Crippen LogP contribution in [0, 0.1) is 0 Å². The summed E-state index contributed by atoms with van der Waals surface area (Å²) in [4.78, 5) is 2.52. The van der Waals surface area contributed by atoms with Crippen molar-refractivity contribution >= 4 is 78.7 Å². The van der Waals surface area contributed by atoms with E-state index < -0.39 is 0 Å². The molecule has 0 amide bonds. The lowest BCUT2D eigenvalue weighted by molar-refractivity contribution is 1.01. The molecule has 1 aliphatic carbocycles. The Morgan fingerprint density at radius 1 is 0.548 bits per heavy atom. The van der Waals surface area contributed by atoms with Crippen molar-refractivity contribution in [2.24, 2.45) is 0 Å². The standard InChI is InChI=1S/C38H26BN3/c1-3-13-25(14-4-1)40-32-22-10-8-18-29(32)35-38(40)41(26-15-5-2-6-16-26)33-23-12-24-34-36(33)39(35)30-20-11-19-28-27-17-7-9-21-31(27)42(34)37(28)30/h2-3,5-24H,1,4H2. The van der Waals surface area contributed by atoms with Crippen LogP contribution in [0.15, 0.2) is 133 Å². The maximum Gasteiger partial charge on any atom is 0.255 e. The zero-order valence-electron chi connectivity index (χ0n) is 23.0. The van der Waals surface area contributed by atoms with Gasteiger partial charge in [0.25, 0.3) is 6.71 Å². The molecule has 0 unspecified atom stereocenters. The zero-order chi connectivity index (χ0) is 27.4. The molecule has 196 valence electrons. The van der Waals surface area contributed by atoms with Crippen molar-refractivity contribution < 1.29 is 0 Å². The second-order valence-electron chi connectivity index (χ2n) is 11.6. The normalized spacial score (nSPS) is 14.9. The van der Waals surface area contributed by atoms with Gasteiger partial charge in [-0.15, -0.1) is 0 Å². The predicted molar refractivity (Wildman–Crippen MR) is 178 cm³/mol. The number of hydrogen-bond acceptors (Lipinski definition) is 1. The van der Waals surface area contributed by atoms with Gasteiger partial charge in [0.1, 0.15) is 5.82 Å². The van der Waals surface area contributed by atoms with E-state index in [1.807, 2.05) is 0 Å². The Morgan fingerprint density at radius 2 is 1.26 bits per heavy atom. The highest BCUT2D eigenvalue weighted by Gasteiger charge is 2.45. The van der Waals surface area contributed by atoms with Gasteiger partial charge in [-0.1, -0.05) is 91.0 Å². The van der Waals surface area contributed by atoms with Gasteiger partial charge in [0.05, 0.1) is 11.0 Å². The van der Waals surface area contributed by atoms with Crippen molar-refractivity contribution in [1.29, 1.82) is 0 Å². The van der Waals surface area contributed by atoms with E-state index in [4.69, 9.17) is 0 Å². The molecule has 2 aliphatic heterocycles. The summed E-state index contributed by atoms with van der Waals surface area (Å²) in [5, 5.41) is 3.96. The highest BCUT2D eigenvalue weighted by Crippen LogP contribution is 2.44. The van der Waals surface area contributed by atoms with Crippen LogP contribution in [0.5, 0.6) is 0 Å². The number of nitrogens with zero attached hydrogens (tertiary/aromatic N) is 3. The van der Waals surface area contributed by atoms with Crippen molar-refractivity contribution in [2.45, 2.75) is 12.8 Å². The highest BCUT2D eigenvalue weighted by molar-refractivity contribution is 7.01. The van der Waals surface area contributed by atoms with Crippen LogP contribution in [0.1, 0.15) is 12.8 Å². The lowest BCUT2D eigenvalue weighted by Gasteiger charge is -2.39. The van der Waals surface area contributed by atoms with Gasteiger partial charge in [0.15, 0.2) is 0 Å². The first-order valence-electron chi connectivity index (χ1n) is 14.9. The summed E-state index contributed by atoms with van der Waals surface area (Å²) in [5.41, 5.74) is 13.0. The number of aromatic nitrogens is 2. The van der Waals surface area contributed by atoms with Gasteiger partial charge in [-0.25, -0.2) is 0 Å². The molecule has 0 fully saturated rings. The fourth-order valence-corrected chi connectivity index (χ4v) is 7.95. The predicted octanol–water partition coefficient (Wildman–Crippen LogP) is 7.54. The third-order valence-corrected chi connectivity index (χ3v) is 9.50. The average Bonchev–Trinajstić information content (AvgIpc) is 3.58. The number of fused-ring (bicyclic) bond motifs is 9. The second-order valence-corrected chi connectivity index (χ2v) is 11.6. The number of para-hydroxylation sites is 4. The molecule has 7 aromatic rings. The number of allylic oxidation sites excluding steroid dienone is 4. The molecule has 0 spiro atoms. The van der Waals surface area contributed by atoms with E-state index >= 15 is 0 Å². The fraction of sp³-hybridized carbons (Fsp3) is 0.0526. The number of rotatable bonds is 2. The van der Waals surface area contributed by atoms with Crippen LogP contribution in [0.25, 0.3) is 44.1 Å². The zero-order valence-corrected chi connectivity index (χ0v) is 23.0. The van der Waals surface area contributed by atoms with Gasteiger partial charge < -0.3 is 4.57 Å². The molecule has 4 heteroatoms. The molecule has 3 nitrogen and oxygen atoms in total. The molecular weight excluding hydrogens is 509 g/mol. The van der Waals surface area contributed by atoms with Gasteiger partial charge in [0.2, 0.25) is 0 Å². The molecule has 4 heterocycles. The van der Waals surface area contributed by atoms with E-state index in [1.54, 1.807) is 0 Å². The van der Waals surface area contributed by atoms with Gasteiger partial charge in [-0.05, 0) is 77.1 Å². The van der Waals surface area contributed by atoms with Crippen LogP contribution in [-0.2, 0) is 0 Å². The third kappa shape index (κ3) is 2.72. The number of hydrogen-bond donors (Lipinski definition) is 0. The van der Waals surface area contributed by atoms with E-state index in [2.05, 4.69) is 148 Å².